The Morgan fingerprint density at radius 1 is 0.900 bits per heavy atom. The van der Waals surface area contributed by atoms with E-state index in [2.05, 4.69) is 4.98 Å². The Morgan fingerprint density at radius 3 is 2.35 bits per heavy atom. The first-order valence-electron chi connectivity index (χ1n) is 6.26. The van der Waals surface area contributed by atoms with E-state index in [1.807, 2.05) is 36.5 Å². The van der Waals surface area contributed by atoms with E-state index in [1.165, 1.54) is 0 Å². The predicted octanol–water partition coefficient (Wildman–Crippen LogP) is 3.41. The molecule has 3 aromatic rings. The molecular formula is C16H15NO3. The number of hydrogen-bond donors (Lipinski definition) is 0. The van der Waals surface area contributed by atoms with Crippen molar-refractivity contribution < 1.29 is 14.2 Å². The summed E-state index contributed by atoms with van der Waals surface area (Å²) in [6, 6.07) is 9.87. The van der Waals surface area contributed by atoms with Gasteiger partial charge in [0.2, 0.25) is 5.75 Å². The summed E-state index contributed by atoms with van der Waals surface area (Å²) in [7, 11) is 4.85. The largest absolute Gasteiger partial charge is 0.493 e. The maximum absolute atomic E-state index is 5.57. The lowest BCUT2D eigenvalue weighted by molar-refractivity contribution is 0.327. The van der Waals surface area contributed by atoms with Gasteiger partial charge in [0.25, 0.3) is 0 Å². The second kappa shape index (κ2) is 4.89. The Morgan fingerprint density at radius 2 is 1.65 bits per heavy atom. The van der Waals surface area contributed by atoms with Crippen molar-refractivity contribution in [3.05, 3.63) is 36.5 Å². The third kappa shape index (κ3) is 1.72. The molecule has 0 aliphatic rings. The van der Waals surface area contributed by atoms with Gasteiger partial charge in [-0.15, -0.1) is 0 Å². The molecule has 2 aromatic carbocycles. The minimum absolute atomic E-state index is 0.596. The van der Waals surface area contributed by atoms with Crippen LogP contribution in [-0.4, -0.2) is 26.3 Å². The molecule has 3 rings (SSSR count). The molecule has 0 atom stereocenters. The highest BCUT2D eigenvalue weighted by Gasteiger charge is 2.17. The highest BCUT2D eigenvalue weighted by atomic mass is 16.5. The van der Waals surface area contributed by atoms with Crippen LogP contribution in [0.2, 0.25) is 0 Å². The molecule has 0 amide bonds. The molecule has 0 aliphatic carbocycles. The second-order valence-corrected chi connectivity index (χ2v) is 4.38. The number of pyridine rings is 1. The Bertz CT molecular complexity index is 783. The van der Waals surface area contributed by atoms with Crippen LogP contribution in [-0.2, 0) is 0 Å². The maximum atomic E-state index is 5.57. The van der Waals surface area contributed by atoms with E-state index in [9.17, 15) is 0 Å². The molecule has 4 nitrogen and oxygen atoms in total. The Balaban J connectivity index is 2.53. The number of benzene rings is 2. The first-order valence-corrected chi connectivity index (χ1v) is 6.26. The zero-order valence-electron chi connectivity index (χ0n) is 11.6. The molecule has 0 unspecified atom stereocenters. The van der Waals surface area contributed by atoms with Gasteiger partial charge in [-0.05, 0) is 12.1 Å². The zero-order chi connectivity index (χ0) is 14.1. The van der Waals surface area contributed by atoms with Crippen LogP contribution in [0.25, 0.3) is 21.7 Å². The van der Waals surface area contributed by atoms with E-state index in [1.54, 1.807) is 21.3 Å². The third-order valence-electron chi connectivity index (χ3n) is 3.38. The van der Waals surface area contributed by atoms with Crippen LogP contribution >= 0.6 is 0 Å². The SMILES string of the molecule is COc1cc2cnc3ccccc3c2c(OC)c1OC. The number of rotatable bonds is 3. The molecule has 1 heterocycles. The summed E-state index contributed by atoms with van der Waals surface area (Å²) in [5, 5.41) is 2.97. The molecule has 0 bridgehead atoms. The highest BCUT2D eigenvalue weighted by Crippen LogP contribution is 2.45. The summed E-state index contributed by atoms with van der Waals surface area (Å²) >= 11 is 0. The van der Waals surface area contributed by atoms with Crippen molar-refractivity contribution in [2.24, 2.45) is 0 Å². The van der Waals surface area contributed by atoms with Gasteiger partial charge in [-0.2, -0.15) is 0 Å². The average molecular weight is 269 g/mol. The van der Waals surface area contributed by atoms with Gasteiger partial charge in [0.05, 0.1) is 26.8 Å². The molecule has 102 valence electrons. The van der Waals surface area contributed by atoms with Crippen LogP contribution in [0.5, 0.6) is 17.2 Å². The lowest BCUT2D eigenvalue weighted by Crippen LogP contribution is -1.96. The Labute approximate surface area is 116 Å². The number of ether oxygens (including phenoxy) is 3. The number of hydrogen-bond acceptors (Lipinski definition) is 4. The summed E-state index contributed by atoms with van der Waals surface area (Å²) in [4.78, 5) is 4.46. The van der Waals surface area contributed by atoms with Crippen LogP contribution in [0.15, 0.2) is 36.5 Å². The maximum Gasteiger partial charge on any atom is 0.203 e. The number of methoxy groups -OCH3 is 3. The van der Waals surface area contributed by atoms with E-state index in [0.29, 0.717) is 17.2 Å². The van der Waals surface area contributed by atoms with Gasteiger partial charge < -0.3 is 14.2 Å². The molecule has 20 heavy (non-hydrogen) atoms. The van der Waals surface area contributed by atoms with Crippen molar-refractivity contribution >= 4 is 21.7 Å². The average Bonchev–Trinajstić information content (AvgIpc) is 2.52. The van der Waals surface area contributed by atoms with E-state index in [4.69, 9.17) is 14.2 Å². The molecule has 0 radical (unpaired) electrons. The van der Waals surface area contributed by atoms with E-state index in [0.717, 1.165) is 21.7 Å². The molecule has 1 aromatic heterocycles. The first-order chi connectivity index (χ1) is 9.80. The predicted molar refractivity (Wildman–Crippen MR) is 78.9 cm³/mol. The van der Waals surface area contributed by atoms with Crippen molar-refractivity contribution in [3.8, 4) is 17.2 Å². The number of fused-ring (bicyclic) bond motifs is 3. The summed E-state index contributed by atoms with van der Waals surface area (Å²) in [6.07, 6.45) is 1.82. The van der Waals surface area contributed by atoms with Crippen molar-refractivity contribution in [3.63, 3.8) is 0 Å². The van der Waals surface area contributed by atoms with E-state index >= 15 is 0 Å². The monoisotopic (exact) mass is 269 g/mol. The summed E-state index contributed by atoms with van der Waals surface area (Å²) in [5.74, 6) is 1.90. The quantitative estimate of drug-likeness (QED) is 0.683. The minimum Gasteiger partial charge on any atom is -0.493 e. The fourth-order valence-corrected chi connectivity index (χ4v) is 2.49. The van der Waals surface area contributed by atoms with Crippen molar-refractivity contribution in [2.45, 2.75) is 0 Å². The van der Waals surface area contributed by atoms with Crippen LogP contribution < -0.4 is 14.2 Å². The van der Waals surface area contributed by atoms with Crippen molar-refractivity contribution in [2.75, 3.05) is 21.3 Å². The van der Waals surface area contributed by atoms with Crippen molar-refractivity contribution in [1.29, 1.82) is 0 Å². The highest BCUT2D eigenvalue weighted by molar-refractivity contribution is 6.10. The lowest BCUT2D eigenvalue weighted by atomic mass is 10.0. The number of aromatic nitrogens is 1. The molecule has 0 saturated heterocycles. The smallest absolute Gasteiger partial charge is 0.203 e. The topological polar surface area (TPSA) is 40.6 Å². The van der Waals surface area contributed by atoms with Crippen LogP contribution in [0.4, 0.5) is 0 Å². The first kappa shape index (κ1) is 12.5. The van der Waals surface area contributed by atoms with Crippen LogP contribution in [0, 0.1) is 0 Å². The summed E-state index contributed by atoms with van der Waals surface area (Å²) < 4.78 is 16.4. The summed E-state index contributed by atoms with van der Waals surface area (Å²) in [6.45, 7) is 0. The van der Waals surface area contributed by atoms with Crippen LogP contribution in [0.3, 0.4) is 0 Å². The normalized spacial score (nSPS) is 10.8. The molecule has 0 spiro atoms. The van der Waals surface area contributed by atoms with Gasteiger partial charge in [-0.1, -0.05) is 18.2 Å². The lowest BCUT2D eigenvalue weighted by Gasteiger charge is -2.15. The number of para-hydroxylation sites is 1. The molecule has 0 saturated carbocycles. The minimum atomic E-state index is 0.596. The Hall–Kier alpha value is -2.49. The fourth-order valence-electron chi connectivity index (χ4n) is 2.49. The van der Waals surface area contributed by atoms with Gasteiger partial charge in [0, 0.05) is 22.4 Å². The standard InChI is InChI=1S/C16H15NO3/c1-18-13-8-10-9-17-12-7-5-4-6-11(12)14(10)16(20-3)15(13)19-2/h4-9H,1-3H3. The van der Waals surface area contributed by atoms with Crippen molar-refractivity contribution in [1.82, 2.24) is 4.98 Å². The second-order valence-electron chi connectivity index (χ2n) is 4.38. The number of nitrogens with zero attached hydrogens (tertiary/aromatic N) is 1. The van der Waals surface area contributed by atoms with Gasteiger partial charge in [0.15, 0.2) is 11.5 Å². The third-order valence-corrected chi connectivity index (χ3v) is 3.38. The van der Waals surface area contributed by atoms with Gasteiger partial charge >= 0.3 is 0 Å². The molecular weight excluding hydrogens is 254 g/mol. The van der Waals surface area contributed by atoms with Gasteiger partial charge in [-0.3, -0.25) is 4.98 Å². The van der Waals surface area contributed by atoms with Gasteiger partial charge in [0.1, 0.15) is 0 Å². The van der Waals surface area contributed by atoms with E-state index in [-0.39, 0.29) is 0 Å². The fraction of sp³-hybridized carbons (Fsp3) is 0.188. The van der Waals surface area contributed by atoms with Gasteiger partial charge in [-0.25, -0.2) is 0 Å². The van der Waals surface area contributed by atoms with Crippen LogP contribution in [0.1, 0.15) is 0 Å². The molecule has 4 heteroatoms. The molecule has 0 N–H and O–H groups in total. The van der Waals surface area contributed by atoms with E-state index < -0.39 is 0 Å². The zero-order valence-corrected chi connectivity index (χ0v) is 11.6. The molecule has 0 aliphatic heterocycles. The Kier molecular flexibility index (Phi) is 3.06. The molecule has 0 fully saturated rings. The summed E-state index contributed by atoms with van der Waals surface area (Å²) in [5.41, 5.74) is 0.922.